The normalized spacial score (nSPS) is 22.3. The molecule has 6 atom stereocenters. The first kappa shape index (κ1) is 45.6. The van der Waals surface area contributed by atoms with Crippen LogP contribution in [-0.2, 0) is 38.3 Å². The van der Waals surface area contributed by atoms with Crippen LogP contribution in [-0.4, -0.2) is 97.5 Å². The minimum atomic E-state index is -5.05. The van der Waals surface area contributed by atoms with Gasteiger partial charge in [-0.05, 0) is 38.5 Å². The molecule has 12 nitrogen and oxygen atoms in total. The van der Waals surface area contributed by atoms with Crippen molar-refractivity contribution in [2.24, 2.45) is 0 Å². The van der Waals surface area contributed by atoms with Gasteiger partial charge >= 0.3 is 16.4 Å². The van der Waals surface area contributed by atoms with Crippen molar-refractivity contribution in [2.75, 3.05) is 26.4 Å². The lowest BCUT2D eigenvalue weighted by molar-refractivity contribution is -0.301. The topological polar surface area (TPSA) is 178 Å². The number of hydrogen-bond donors (Lipinski definition) is 4. The number of allylic oxidation sites excluding steroid dienone is 4. The van der Waals surface area contributed by atoms with E-state index in [4.69, 9.17) is 23.5 Å². The number of carbonyl (C=O) groups is 1. The highest BCUT2D eigenvalue weighted by Gasteiger charge is 2.48. The molecule has 0 bridgehead atoms. The van der Waals surface area contributed by atoms with Gasteiger partial charge in [0.1, 0.15) is 30.5 Å². The van der Waals surface area contributed by atoms with Crippen LogP contribution in [0.1, 0.15) is 136 Å². The van der Waals surface area contributed by atoms with Gasteiger partial charge in [-0.25, -0.2) is 4.18 Å². The van der Waals surface area contributed by atoms with Crippen molar-refractivity contribution in [3.05, 3.63) is 24.3 Å². The Kier molecular flexibility index (Phi) is 27.2. The fourth-order valence-corrected chi connectivity index (χ4v) is 5.98. The van der Waals surface area contributed by atoms with Gasteiger partial charge in [-0.2, -0.15) is 8.42 Å². The van der Waals surface area contributed by atoms with Crippen LogP contribution >= 0.6 is 0 Å². The smallest absolute Gasteiger partial charge is 0.397 e. The van der Waals surface area contributed by atoms with Crippen LogP contribution in [0.2, 0.25) is 0 Å². The third kappa shape index (κ3) is 23.6. The Labute approximate surface area is 295 Å². The molecule has 1 aliphatic rings. The van der Waals surface area contributed by atoms with Gasteiger partial charge in [-0.15, -0.1) is 0 Å². The Balaban J connectivity index is 2.51. The summed E-state index contributed by atoms with van der Waals surface area (Å²) in [4.78, 5) is 12.7. The van der Waals surface area contributed by atoms with E-state index in [1.807, 2.05) is 0 Å². The first-order chi connectivity index (χ1) is 23.6. The van der Waals surface area contributed by atoms with Gasteiger partial charge in [-0.1, -0.05) is 115 Å². The maximum atomic E-state index is 12.7. The lowest BCUT2D eigenvalue weighted by Crippen LogP contribution is -2.60. The molecule has 13 heteroatoms. The number of aliphatic hydroxyl groups excluding tert-OH is 3. The molecule has 6 unspecified atom stereocenters. The number of hydrogen-bond acceptors (Lipinski definition) is 11. The molecule has 1 saturated heterocycles. The zero-order valence-electron chi connectivity index (χ0n) is 30.0. The van der Waals surface area contributed by atoms with Gasteiger partial charge in [-0.3, -0.25) is 9.35 Å². The maximum absolute atomic E-state index is 12.7. The van der Waals surface area contributed by atoms with Gasteiger partial charge < -0.3 is 34.3 Å². The average molecular weight is 723 g/mol. The molecule has 1 rings (SSSR count). The number of unbranched alkanes of at least 4 members (excludes halogenated alkanes) is 14. The molecule has 1 heterocycles. The highest BCUT2D eigenvalue weighted by atomic mass is 32.3. The van der Waals surface area contributed by atoms with Crippen molar-refractivity contribution in [1.82, 2.24) is 0 Å². The fraction of sp³-hybridized carbons (Fsp3) is 0.861. The van der Waals surface area contributed by atoms with Crippen LogP contribution in [0, 0.1) is 0 Å². The van der Waals surface area contributed by atoms with Gasteiger partial charge in [0, 0.05) is 13.0 Å². The van der Waals surface area contributed by atoms with Crippen LogP contribution in [0.15, 0.2) is 24.3 Å². The number of esters is 1. The lowest BCUT2D eigenvalue weighted by atomic mass is 9.99. The zero-order valence-corrected chi connectivity index (χ0v) is 30.8. The third-order valence-corrected chi connectivity index (χ3v) is 8.77. The molecule has 0 aromatic carbocycles. The van der Waals surface area contributed by atoms with Crippen LogP contribution in [0.25, 0.3) is 0 Å². The molecule has 0 spiro atoms. The standard InChI is InChI=1S/C36H66O12S/c1-3-5-7-9-11-13-14-15-16-17-18-20-22-24-26-44-28-30(46-32(38)25-23-21-19-12-10-8-6-4-2)29-45-36-34(40)35(48-49(41,42)43)33(39)31(27-37)47-36/h7,9,13-14,30-31,33-37,39-40H,3-6,8,10-12,15-29H2,1-2H3,(H,41,42,43)/b9-7-,14-13-. The van der Waals surface area contributed by atoms with E-state index in [1.165, 1.54) is 44.9 Å². The second-order valence-corrected chi connectivity index (χ2v) is 13.9. The first-order valence-corrected chi connectivity index (χ1v) is 20.0. The van der Waals surface area contributed by atoms with E-state index in [-0.39, 0.29) is 19.6 Å². The molecule has 0 amide bonds. The van der Waals surface area contributed by atoms with Crippen LogP contribution in [0.3, 0.4) is 0 Å². The summed E-state index contributed by atoms with van der Waals surface area (Å²) >= 11 is 0. The molecule has 0 radical (unpaired) electrons. The number of ether oxygens (including phenoxy) is 4. The Bertz CT molecular complexity index is 973. The van der Waals surface area contributed by atoms with Crippen molar-refractivity contribution in [3.63, 3.8) is 0 Å². The van der Waals surface area contributed by atoms with Crippen molar-refractivity contribution in [3.8, 4) is 0 Å². The van der Waals surface area contributed by atoms with Gasteiger partial charge in [0.05, 0.1) is 19.8 Å². The van der Waals surface area contributed by atoms with Gasteiger partial charge in [0.15, 0.2) is 6.29 Å². The summed E-state index contributed by atoms with van der Waals surface area (Å²) in [6.45, 7) is 3.84. The van der Waals surface area contributed by atoms with Crippen molar-refractivity contribution in [2.45, 2.75) is 173 Å². The predicted octanol–water partition coefficient (Wildman–Crippen LogP) is 6.12. The van der Waals surface area contributed by atoms with Crippen LogP contribution in [0.5, 0.6) is 0 Å². The van der Waals surface area contributed by atoms with E-state index in [9.17, 15) is 28.5 Å². The van der Waals surface area contributed by atoms with E-state index >= 15 is 0 Å². The summed E-state index contributed by atoms with van der Waals surface area (Å²) in [6.07, 6.45) is 19.5. The van der Waals surface area contributed by atoms with Gasteiger partial charge in [0.2, 0.25) is 0 Å². The first-order valence-electron chi connectivity index (χ1n) is 18.6. The zero-order chi connectivity index (χ0) is 36.2. The average Bonchev–Trinajstić information content (AvgIpc) is 3.06. The quantitative estimate of drug-likeness (QED) is 0.0279. The Morgan fingerprint density at radius 1 is 0.776 bits per heavy atom. The molecule has 0 aliphatic carbocycles. The van der Waals surface area contributed by atoms with E-state index in [0.29, 0.717) is 13.0 Å². The molecular formula is C36H66O12S. The lowest BCUT2D eigenvalue weighted by Gasteiger charge is -2.41. The monoisotopic (exact) mass is 722 g/mol. The molecule has 0 saturated carbocycles. The summed E-state index contributed by atoms with van der Waals surface area (Å²) in [5.41, 5.74) is 0. The molecular weight excluding hydrogens is 656 g/mol. The molecule has 0 aromatic rings. The van der Waals surface area contributed by atoms with E-state index in [1.54, 1.807) is 0 Å². The summed E-state index contributed by atoms with van der Waals surface area (Å²) in [5, 5.41) is 30.4. The maximum Gasteiger partial charge on any atom is 0.397 e. The number of rotatable bonds is 31. The number of aliphatic hydroxyl groups is 3. The predicted molar refractivity (Wildman–Crippen MR) is 188 cm³/mol. The molecule has 1 aliphatic heterocycles. The molecule has 288 valence electrons. The Morgan fingerprint density at radius 2 is 1.39 bits per heavy atom. The summed E-state index contributed by atoms with van der Waals surface area (Å²) in [5.74, 6) is -0.410. The van der Waals surface area contributed by atoms with E-state index < -0.39 is 59.8 Å². The van der Waals surface area contributed by atoms with E-state index in [2.05, 4.69) is 42.3 Å². The Morgan fingerprint density at radius 3 is 2.02 bits per heavy atom. The van der Waals surface area contributed by atoms with Crippen molar-refractivity contribution < 1.29 is 56.2 Å². The molecule has 4 N–H and O–H groups in total. The Hall–Kier alpha value is -1.42. The summed E-state index contributed by atoms with van der Waals surface area (Å²) in [6, 6.07) is 0. The van der Waals surface area contributed by atoms with E-state index in [0.717, 1.165) is 64.2 Å². The highest BCUT2D eigenvalue weighted by Crippen LogP contribution is 2.26. The summed E-state index contributed by atoms with van der Waals surface area (Å²) < 4.78 is 58.6. The number of carbonyl (C=O) groups excluding carboxylic acids is 1. The molecule has 1 fully saturated rings. The minimum Gasteiger partial charge on any atom is -0.457 e. The fourth-order valence-electron chi connectivity index (χ4n) is 5.47. The second kappa shape index (κ2) is 29.2. The van der Waals surface area contributed by atoms with Crippen LogP contribution < -0.4 is 0 Å². The largest absolute Gasteiger partial charge is 0.457 e. The summed E-state index contributed by atoms with van der Waals surface area (Å²) in [7, 11) is -5.05. The van der Waals surface area contributed by atoms with Gasteiger partial charge in [0.25, 0.3) is 0 Å². The van der Waals surface area contributed by atoms with Crippen LogP contribution in [0.4, 0.5) is 0 Å². The molecule has 49 heavy (non-hydrogen) atoms. The molecule has 0 aromatic heterocycles. The highest BCUT2D eigenvalue weighted by molar-refractivity contribution is 7.80. The SMILES string of the molecule is CCC/C=C\C/C=C\CCCCCCCCOCC(COC1OC(CO)C(O)C(OS(=O)(=O)O)C1O)OC(=O)CCCCCCCCCC. The van der Waals surface area contributed by atoms with Crippen molar-refractivity contribution >= 4 is 16.4 Å². The third-order valence-electron chi connectivity index (χ3n) is 8.31. The van der Waals surface area contributed by atoms with Crippen molar-refractivity contribution in [1.29, 1.82) is 0 Å². The second-order valence-electron chi connectivity index (χ2n) is 12.8. The minimum absolute atomic E-state index is 0.0307.